The van der Waals surface area contributed by atoms with E-state index in [-0.39, 0.29) is 5.97 Å². The summed E-state index contributed by atoms with van der Waals surface area (Å²) in [5, 5.41) is 0. The Hall–Kier alpha value is -0.310. The van der Waals surface area contributed by atoms with E-state index in [1.54, 1.807) is 6.92 Å². The fourth-order valence-electron chi connectivity index (χ4n) is 0.203. The molecule has 52 valence electrons. The van der Waals surface area contributed by atoms with Crippen molar-refractivity contribution in [1.82, 2.24) is 0 Å². The molecule has 0 aliphatic carbocycles. The Balaban J connectivity index is 0. The summed E-state index contributed by atoms with van der Waals surface area (Å²) in [7, 11) is 0. The van der Waals surface area contributed by atoms with E-state index in [0.29, 0.717) is 6.61 Å². The summed E-state index contributed by atoms with van der Waals surface area (Å²) >= 11 is 7.92. The zero-order valence-electron chi connectivity index (χ0n) is 5.34. The van der Waals surface area contributed by atoms with Crippen LogP contribution in [-0.2, 0) is 9.53 Å². The molecule has 9 heavy (non-hydrogen) atoms. The summed E-state index contributed by atoms with van der Waals surface area (Å²) < 4.78 is 6.32. The SMILES string of the molecule is CCOC(C)=O.S=C=S. The van der Waals surface area contributed by atoms with Crippen molar-refractivity contribution in [1.29, 1.82) is 0 Å². The minimum absolute atomic E-state index is 0.211. The van der Waals surface area contributed by atoms with Gasteiger partial charge < -0.3 is 4.74 Å². The van der Waals surface area contributed by atoms with Crippen LogP contribution in [0.15, 0.2) is 0 Å². The third-order valence-corrected chi connectivity index (χ3v) is 0.348. The van der Waals surface area contributed by atoms with E-state index < -0.39 is 0 Å². The molecule has 0 aliphatic rings. The summed E-state index contributed by atoms with van der Waals surface area (Å²) in [5.41, 5.74) is 0. The number of ether oxygens (including phenoxy) is 1. The molecule has 0 radical (unpaired) electrons. The van der Waals surface area contributed by atoms with Crippen molar-refractivity contribution in [2.75, 3.05) is 6.61 Å². The molecule has 0 amide bonds. The molecule has 0 saturated carbocycles. The van der Waals surface area contributed by atoms with Gasteiger partial charge in [0.25, 0.3) is 0 Å². The Labute approximate surface area is 65.2 Å². The Morgan fingerprint density at radius 1 is 1.67 bits per heavy atom. The van der Waals surface area contributed by atoms with E-state index in [1.165, 1.54) is 6.92 Å². The molecule has 0 aromatic heterocycles. The van der Waals surface area contributed by atoms with Gasteiger partial charge in [-0.05, 0) is 31.4 Å². The van der Waals surface area contributed by atoms with Crippen LogP contribution in [0.25, 0.3) is 0 Å². The highest BCUT2D eigenvalue weighted by atomic mass is 32.1. The Morgan fingerprint density at radius 3 is 2.00 bits per heavy atom. The molecular weight excluding hydrogens is 156 g/mol. The lowest BCUT2D eigenvalue weighted by atomic mass is 10.8. The smallest absolute Gasteiger partial charge is 0.302 e. The quantitative estimate of drug-likeness (QED) is 0.434. The van der Waals surface area contributed by atoms with Crippen LogP contribution in [0.5, 0.6) is 0 Å². The summed E-state index contributed by atoms with van der Waals surface area (Å²) in [6, 6.07) is 0. The van der Waals surface area contributed by atoms with Crippen molar-refractivity contribution < 1.29 is 9.53 Å². The minimum Gasteiger partial charge on any atom is -0.466 e. The highest BCUT2D eigenvalue weighted by Gasteiger charge is 1.81. The van der Waals surface area contributed by atoms with Crippen molar-refractivity contribution in [2.24, 2.45) is 0 Å². The number of carbonyl (C=O) groups excluding carboxylic acids is 1. The van der Waals surface area contributed by atoms with Crippen LogP contribution in [0.3, 0.4) is 0 Å². The Kier molecular flexibility index (Phi) is 13.6. The molecule has 2 nitrogen and oxygen atoms in total. The van der Waals surface area contributed by atoms with Crippen molar-refractivity contribution in [3.8, 4) is 0 Å². The maximum absolute atomic E-state index is 9.82. The molecule has 0 N–H and O–H groups in total. The van der Waals surface area contributed by atoms with Crippen molar-refractivity contribution in [3.05, 3.63) is 0 Å². The third kappa shape index (κ3) is 34.4. The van der Waals surface area contributed by atoms with Gasteiger partial charge in [-0.1, -0.05) is 0 Å². The number of esters is 1. The van der Waals surface area contributed by atoms with Gasteiger partial charge in [-0.25, -0.2) is 0 Å². The highest BCUT2D eigenvalue weighted by molar-refractivity contribution is 7.93. The molecule has 0 unspecified atom stereocenters. The van der Waals surface area contributed by atoms with E-state index in [9.17, 15) is 4.79 Å². The lowest BCUT2D eigenvalue weighted by Gasteiger charge is -1.89. The topological polar surface area (TPSA) is 26.3 Å². The number of thiocarbonyl (C=S) groups is 2. The summed E-state index contributed by atoms with van der Waals surface area (Å²) in [4.78, 5) is 9.82. The number of rotatable bonds is 1. The van der Waals surface area contributed by atoms with Crippen LogP contribution in [0.2, 0.25) is 0 Å². The molecule has 0 bridgehead atoms. The molecule has 0 aromatic carbocycles. The maximum Gasteiger partial charge on any atom is 0.302 e. The zero-order chi connectivity index (χ0) is 7.70. The standard InChI is InChI=1S/C4H8O2.CS2/c1-3-6-4(2)5;2-1-3/h3H2,1-2H3;. The van der Waals surface area contributed by atoms with Gasteiger partial charge in [0, 0.05) is 11.2 Å². The molecule has 0 heterocycles. The third-order valence-electron chi connectivity index (χ3n) is 0.348. The molecule has 4 heteroatoms. The second-order valence-corrected chi connectivity index (χ2v) is 1.67. The van der Waals surface area contributed by atoms with E-state index in [4.69, 9.17) is 0 Å². The molecule has 0 rings (SSSR count). The normalized spacial score (nSPS) is 6.00. The van der Waals surface area contributed by atoms with Crippen molar-refractivity contribution >= 4 is 34.7 Å². The molecular formula is C5H8O2S2. The van der Waals surface area contributed by atoms with Crippen LogP contribution in [0.1, 0.15) is 13.8 Å². The summed E-state index contributed by atoms with van der Waals surface area (Å²) in [6.07, 6.45) is 0. The average molecular weight is 164 g/mol. The Morgan fingerprint density at radius 2 is 2.00 bits per heavy atom. The van der Waals surface area contributed by atoms with Crippen LogP contribution in [0, 0.1) is 0 Å². The number of hydrogen-bond acceptors (Lipinski definition) is 4. The summed E-state index contributed by atoms with van der Waals surface area (Å²) in [5.74, 6) is -0.211. The largest absolute Gasteiger partial charge is 0.466 e. The predicted octanol–water partition coefficient (Wildman–Crippen LogP) is 1.59. The first-order valence-corrected chi connectivity index (χ1v) is 3.13. The second kappa shape index (κ2) is 10.6. The van der Waals surface area contributed by atoms with Crippen LogP contribution in [-0.4, -0.2) is 16.9 Å². The van der Waals surface area contributed by atoms with E-state index >= 15 is 0 Å². The van der Waals surface area contributed by atoms with Gasteiger partial charge in [0.1, 0.15) is 0 Å². The van der Waals surface area contributed by atoms with Gasteiger partial charge in [-0.15, -0.1) is 0 Å². The molecule has 0 spiro atoms. The van der Waals surface area contributed by atoms with Gasteiger partial charge in [0.15, 0.2) is 0 Å². The molecule has 0 saturated heterocycles. The van der Waals surface area contributed by atoms with Gasteiger partial charge in [0.2, 0.25) is 0 Å². The maximum atomic E-state index is 9.82. The van der Waals surface area contributed by atoms with E-state index in [2.05, 4.69) is 29.2 Å². The zero-order valence-corrected chi connectivity index (χ0v) is 6.97. The Bertz CT molecular complexity index is 106. The minimum atomic E-state index is -0.211. The van der Waals surface area contributed by atoms with Crippen LogP contribution < -0.4 is 0 Å². The highest BCUT2D eigenvalue weighted by Crippen LogP contribution is 1.69. The molecule has 0 aromatic rings. The first-order valence-electron chi connectivity index (χ1n) is 2.31. The van der Waals surface area contributed by atoms with E-state index in [0.717, 1.165) is 0 Å². The first kappa shape index (κ1) is 11.5. The van der Waals surface area contributed by atoms with Crippen LogP contribution in [0.4, 0.5) is 0 Å². The van der Waals surface area contributed by atoms with Gasteiger partial charge in [0.05, 0.1) is 6.61 Å². The van der Waals surface area contributed by atoms with Gasteiger partial charge in [-0.3, -0.25) is 4.79 Å². The summed E-state index contributed by atoms with van der Waals surface area (Å²) in [6.45, 7) is 3.65. The number of carbonyl (C=O) groups is 1. The molecule has 0 atom stereocenters. The average Bonchev–Trinajstić information content (AvgIpc) is 1.67. The van der Waals surface area contributed by atoms with Crippen LogP contribution >= 0.6 is 24.4 Å². The monoisotopic (exact) mass is 164 g/mol. The lowest BCUT2D eigenvalue weighted by molar-refractivity contribution is -0.140. The van der Waals surface area contributed by atoms with Crippen molar-refractivity contribution in [3.63, 3.8) is 0 Å². The van der Waals surface area contributed by atoms with Gasteiger partial charge >= 0.3 is 5.97 Å². The fraction of sp³-hybridized carbons (Fsp3) is 0.600. The fourth-order valence-corrected chi connectivity index (χ4v) is 0.203. The van der Waals surface area contributed by atoms with E-state index in [1.807, 2.05) is 4.31 Å². The van der Waals surface area contributed by atoms with Crippen molar-refractivity contribution in [2.45, 2.75) is 13.8 Å². The predicted molar refractivity (Wildman–Crippen MR) is 42.5 cm³/mol. The molecule has 0 fully saturated rings. The molecule has 0 aliphatic heterocycles. The second-order valence-electron chi connectivity index (χ2n) is 1.01. The first-order chi connectivity index (χ1) is 4.18. The van der Waals surface area contributed by atoms with Gasteiger partial charge in [-0.2, -0.15) is 0 Å². The number of hydrogen-bond donors (Lipinski definition) is 0. The lowest BCUT2D eigenvalue weighted by Crippen LogP contribution is -1.95.